The summed E-state index contributed by atoms with van der Waals surface area (Å²) in [6.45, 7) is 8.84. The molecule has 10 nitrogen and oxygen atoms in total. The Morgan fingerprint density at radius 3 is 2.53 bits per heavy atom. The second-order valence-corrected chi connectivity index (χ2v) is 12.9. The summed E-state index contributed by atoms with van der Waals surface area (Å²) in [5.41, 5.74) is 5.25. The molecule has 0 bridgehead atoms. The number of carbonyl (C=O) groups is 2. The highest BCUT2D eigenvalue weighted by atomic mass is 35.5. The number of thiophene rings is 1. The average Bonchev–Trinajstić information content (AvgIpc) is 3.66. The zero-order chi connectivity index (χ0) is 30.4. The van der Waals surface area contributed by atoms with Crippen molar-refractivity contribution < 1.29 is 23.9 Å². The predicted molar refractivity (Wildman–Crippen MR) is 169 cm³/mol. The number of nitrogens with zero attached hydrogens (tertiary/aromatic N) is 3. The Morgan fingerprint density at radius 1 is 1.07 bits per heavy atom. The molecule has 2 fully saturated rings. The number of piperidine rings is 1. The van der Waals surface area contributed by atoms with Crippen molar-refractivity contribution >= 4 is 52.1 Å². The molecule has 2 N–H and O–H groups in total. The summed E-state index contributed by atoms with van der Waals surface area (Å²) >= 11 is 7.36. The summed E-state index contributed by atoms with van der Waals surface area (Å²) in [6, 6.07) is 9.23. The normalized spacial score (nSPS) is 15.8. The molecule has 230 valence electrons. The van der Waals surface area contributed by atoms with E-state index in [1.54, 1.807) is 17.0 Å². The number of rotatable bonds is 9. The Hall–Kier alpha value is -3.54. The fourth-order valence-electron chi connectivity index (χ4n) is 4.99. The standard InChI is InChI=1S/C31H38ClN5O5S/c1-31(2,3)42-30(39)37-14-10-24(11-15-37)41-27-16-23(36-12-4-5-13-36)7-8-25(27)29(38)34-26-20-43-19-21(26)18-40-35-28-9-6-22(32)17-33-28/h6-9,16-17,19-20,24H,4-5,10-15,18H2,1-3H3,(H,33,35)(H,34,38). The highest BCUT2D eigenvalue weighted by molar-refractivity contribution is 7.08. The summed E-state index contributed by atoms with van der Waals surface area (Å²) < 4.78 is 12.0. The molecule has 12 heteroatoms. The zero-order valence-electron chi connectivity index (χ0n) is 24.7. The van der Waals surface area contributed by atoms with Crippen LogP contribution in [0.15, 0.2) is 47.3 Å². The van der Waals surface area contributed by atoms with Crippen molar-refractivity contribution in [3.05, 3.63) is 63.4 Å². The minimum atomic E-state index is -0.540. The number of hydrogen-bond acceptors (Lipinski definition) is 9. The van der Waals surface area contributed by atoms with Crippen LogP contribution in [0.5, 0.6) is 5.75 Å². The first-order valence-corrected chi connectivity index (χ1v) is 15.9. The quantitative estimate of drug-likeness (QED) is 0.245. The third-order valence-electron chi connectivity index (χ3n) is 7.19. The van der Waals surface area contributed by atoms with Gasteiger partial charge in [-0.05, 0) is 63.3 Å². The van der Waals surface area contributed by atoms with Crippen molar-refractivity contribution in [2.75, 3.05) is 41.9 Å². The van der Waals surface area contributed by atoms with Gasteiger partial charge in [0.2, 0.25) is 0 Å². The van der Waals surface area contributed by atoms with Gasteiger partial charge in [-0.3, -0.25) is 9.63 Å². The number of likely N-dealkylation sites (tertiary alicyclic amines) is 1. The van der Waals surface area contributed by atoms with Crippen LogP contribution >= 0.6 is 22.9 Å². The lowest BCUT2D eigenvalue weighted by atomic mass is 10.1. The molecule has 4 heterocycles. The van der Waals surface area contributed by atoms with Gasteiger partial charge in [-0.15, -0.1) is 11.3 Å². The number of anilines is 3. The van der Waals surface area contributed by atoms with E-state index in [0.717, 1.165) is 37.2 Å². The smallest absolute Gasteiger partial charge is 0.410 e. The molecular weight excluding hydrogens is 590 g/mol. The first kappa shape index (κ1) is 30.9. The molecule has 2 aliphatic rings. The van der Waals surface area contributed by atoms with E-state index in [1.807, 2.05) is 49.7 Å². The number of carbonyl (C=O) groups excluding carboxylic acids is 2. The lowest BCUT2D eigenvalue weighted by molar-refractivity contribution is 0.0126. The second kappa shape index (κ2) is 13.8. The van der Waals surface area contributed by atoms with E-state index in [0.29, 0.717) is 53.8 Å². The van der Waals surface area contributed by atoms with E-state index in [9.17, 15) is 9.59 Å². The van der Waals surface area contributed by atoms with Crippen molar-refractivity contribution in [3.8, 4) is 5.75 Å². The molecule has 0 radical (unpaired) electrons. The largest absolute Gasteiger partial charge is 0.489 e. The van der Waals surface area contributed by atoms with Crippen LogP contribution in [0.1, 0.15) is 62.4 Å². The zero-order valence-corrected chi connectivity index (χ0v) is 26.3. The molecule has 5 rings (SSSR count). The number of nitrogens with one attached hydrogen (secondary N) is 2. The van der Waals surface area contributed by atoms with Crippen LogP contribution in [0.4, 0.5) is 22.0 Å². The molecule has 0 unspecified atom stereocenters. The van der Waals surface area contributed by atoms with Gasteiger partial charge in [0.1, 0.15) is 29.9 Å². The van der Waals surface area contributed by atoms with Gasteiger partial charge in [0.05, 0.1) is 16.3 Å². The Bertz CT molecular complexity index is 1400. The minimum Gasteiger partial charge on any atom is -0.489 e. The number of benzene rings is 1. The van der Waals surface area contributed by atoms with Gasteiger partial charge in [0.25, 0.3) is 5.91 Å². The Labute approximate surface area is 261 Å². The third-order valence-corrected chi connectivity index (χ3v) is 8.21. The van der Waals surface area contributed by atoms with Crippen LogP contribution in [-0.2, 0) is 16.2 Å². The average molecular weight is 628 g/mol. The molecular formula is C31H38ClN5O5S. The Balaban J connectivity index is 1.25. The molecule has 2 saturated heterocycles. The predicted octanol–water partition coefficient (Wildman–Crippen LogP) is 6.97. The maximum Gasteiger partial charge on any atom is 0.410 e. The van der Waals surface area contributed by atoms with E-state index >= 15 is 0 Å². The number of halogens is 1. The second-order valence-electron chi connectivity index (χ2n) is 11.7. The molecule has 1 aromatic carbocycles. The lowest BCUT2D eigenvalue weighted by Gasteiger charge is -2.34. The van der Waals surface area contributed by atoms with Crippen LogP contribution in [0.3, 0.4) is 0 Å². The summed E-state index contributed by atoms with van der Waals surface area (Å²) in [4.78, 5) is 39.9. The van der Waals surface area contributed by atoms with Crippen LogP contribution in [0, 0.1) is 0 Å². The molecule has 0 spiro atoms. The molecule has 2 amide bonds. The molecule has 3 aromatic rings. The van der Waals surface area contributed by atoms with Crippen molar-refractivity contribution in [1.82, 2.24) is 9.88 Å². The summed E-state index contributed by atoms with van der Waals surface area (Å²) in [5, 5.41) is 7.39. The van der Waals surface area contributed by atoms with E-state index in [2.05, 4.69) is 20.7 Å². The number of amides is 2. The maximum absolute atomic E-state index is 13.6. The summed E-state index contributed by atoms with van der Waals surface area (Å²) in [7, 11) is 0. The number of ether oxygens (including phenoxy) is 2. The molecule has 0 atom stereocenters. The van der Waals surface area contributed by atoms with Crippen LogP contribution in [0.2, 0.25) is 5.02 Å². The van der Waals surface area contributed by atoms with Gasteiger partial charge < -0.3 is 24.6 Å². The topological polar surface area (TPSA) is 105 Å². The fourth-order valence-corrected chi connectivity index (χ4v) is 5.87. The van der Waals surface area contributed by atoms with Gasteiger partial charge in [-0.1, -0.05) is 11.6 Å². The number of aromatic nitrogens is 1. The first-order chi connectivity index (χ1) is 20.6. The van der Waals surface area contributed by atoms with Crippen LogP contribution < -0.4 is 20.4 Å². The van der Waals surface area contributed by atoms with E-state index in [-0.39, 0.29) is 24.7 Å². The highest BCUT2D eigenvalue weighted by Gasteiger charge is 2.29. The van der Waals surface area contributed by atoms with Gasteiger partial charge in [-0.2, -0.15) is 0 Å². The Kier molecular flexibility index (Phi) is 9.94. The van der Waals surface area contributed by atoms with Crippen molar-refractivity contribution in [1.29, 1.82) is 0 Å². The maximum atomic E-state index is 13.6. The fraction of sp³-hybridized carbons (Fsp3) is 0.452. The molecule has 0 aliphatic carbocycles. The molecule has 2 aliphatic heterocycles. The number of hydrogen-bond donors (Lipinski definition) is 2. The molecule has 0 saturated carbocycles. The van der Waals surface area contributed by atoms with Crippen molar-refractivity contribution in [3.63, 3.8) is 0 Å². The SMILES string of the molecule is CC(C)(C)OC(=O)N1CCC(Oc2cc(N3CCCC3)ccc2C(=O)Nc2cscc2CONc2ccc(Cl)cn2)CC1. The monoisotopic (exact) mass is 627 g/mol. The van der Waals surface area contributed by atoms with Crippen molar-refractivity contribution in [2.24, 2.45) is 0 Å². The van der Waals surface area contributed by atoms with E-state index in [4.69, 9.17) is 25.9 Å². The van der Waals surface area contributed by atoms with E-state index in [1.165, 1.54) is 17.5 Å². The van der Waals surface area contributed by atoms with Gasteiger partial charge >= 0.3 is 6.09 Å². The number of pyridine rings is 1. The van der Waals surface area contributed by atoms with Crippen LogP contribution in [0.25, 0.3) is 0 Å². The molecule has 2 aromatic heterocycles. The first-order valence-electron chi connectivity index (χ1n) is 14.5. The van der Waals surface area contributed by atoms with E-state index < -0.39 is 5.60 Å². The summed E-state index contributed by atoms with van der Waals surface area (Å²) in [6.07, 6.45) is 4.68. The van der Waals surface area contributed by atoms with Gasteiger partial charge in [0, 0.05) is 67.9 Å². The van der Waals surface area contributed by atoms with Gasteiger partial charge in [0.15, 0.2) is 0 Å². The Morgan fingerprint density at radius 2 is 1.84 bits per heavy atom. The molecule has 43 heavy (non-hydrogen) atoms. The highest BCUT2D eigenvalue weighted by Crippen LogP contribution is 2.32. The third kappa shape index (κ3) is 8.52. The van der Waals surface area contributed by atoms with Crippen molar-refractivity contribution in [2.45, 2.75) is 64.8 Å². The minimum absolute atomic E-state index is 0.128. The van der Waals surface area contributed by atoms with Gasteiger partial charge in [-0.25, -0.2) is 15.3 Å². The van der Waals surface area contributed by atoms with Crippen LogP contribution in [-0.4, -0.2) is 59.8 Å². The lowest BCUT2D eigenvalue weighted by Crippen LogP contribution is -2.44. The summed E-state index contributed by atoms with van der Waals surface area (Å²) in [5.74, 6) is 0.810.